The Morgan fingerprint density at radius 1 is 1.26 bits per heavy atom. The maximum Gasteiger partial charge on any atom is 0.260 e. The van der Waals surface area contributed by atoms with E-state index in [0.717, 1.165) is 17.7 Å². The van der Waals surface area contributed by atoms with Gasteiger partial charge in [0.2, 0.25) is 0 Å². The maximum atomic E-state index is 12.1. The van der Waals surface area contributed by atoms with Gasteiger partial charge < -0.3 is 15.7 Å². The van der Waals surface area contributed by atoms with E-state index in [9.17, 15) is 9.90 Å². The van der Waals surface area contributed by atoms with E-state index in [2.05, 4.69) is 29.7 Å². The zero-order valence-corrected chi connectivity index (χ0v) is 13.6. The van der Waals surface area contributed by atoms with Crippen LogP contribution in [0.3, 0.4) is 0 Å². The molecule has 0 spiro atoms. The first-order chi connectivity index (χ1) is 11.1. The summed E-state index contributed by atoms with van der Waals surface area (Å²) in [4.78, 5) is 12.7. The Morgan fingerprint density at radius 2 is 2.04 bits per heavy atom. The minimum atomic E-state index is -0.196. The predicted molar refractivity (Wildman–Crippen MR) is 95.0 cm³/mol. The molecule has 1 atom stereocenters. The van der Waals surface area contributed by atoms with Crippen LogP contribution in [-0.2, 0) is 11.2 Å². The van der Waals surface area contributed by atoms with E-state index < -0.39 is 0 Å². The summed E-state index contributed by atoms with van der Waals surface area (Å²) in [6.45, 7) is 2.12. The van der Waals surface area contributed by atoms with Crippen molar-refractivity contribution in [1.82, 2.24) is 5.32 Å². The van der Waals surface area contributed by atoms with Crippen molar-refractivity contribution in [3.05, 3.63) is 64.6 Å². The van der Waals surface area contributed by atoms with Crippen LogP contribution in [0, 0.1) is 0 Å². The van der Waals surface area contributed by atoms with E-state index in [0.29, 0.717) is 4.91 Å². The average Bonchev–Trinajstić information content (AvgIpc) is 2.87. The molecule has 4 nitrogen and oxygen atoms in total. The van der Waals surface area contributed by atoms with Crippen molar-refractivity contribution in [3.8, 4) is 5.75 Å². The summed E-state index contributed by atoms with van der Waals surface area (Å²) in [5.74, 6) is 0.0782. The molecule has 3 N–H and O–H groups in total. The van der Waals surface area contributed by atoms with E-state index in [1.165, 1.54) is 17.3 Å². The van der Waals surface area contributed by atoms with Gasteiger partial charge in [0.1, 0.15) is 5.75 Å². The second kappa shape index (κ2) is 6.79. The molecule has 1 aliphatic rings. The molecule has 0 radical (unpaired) electrons. The Morgan fingerprint density at radius 3 is 2.74 bits per heavy atom. The van der Waals surface area contributed by atoms with Crippen LogP contribution in [0.1, 0.15) is 18.1 Å². The third kappa shape index (κ3) is 3.87. The third-order valence-corrected chi connectivity index (χ3v) is 4.59. The summed E-state index contributed by atoms with van der Waals surface area (Å²) in [5.41, 5.74) is 2.86. The summed E-state index contributed by atoms with van der Waals surface area (Å²) in [6, 6.07) is 15.0. The SMILES string of the molecule is CCc1ccc(N[C@@H]2NC(=O)/C(=C/c3cccc(O)c3)S2)cc1. The molecule has 1 heterocycles. The van der Waals surface area contributed by atoms with Crippen molar-refractivity contribution < 1.29 is 9.90 Å². The van der Waals surface area contributed by atoms with Crippen LogP contribution in [0.25, 0.3) is 6.08 Å². The van der Waals surface area contributed by atoms with Crippen LogP contribution < -0.4 is 10.6 Å². The fraction of sp³-hybridized carbons (Fsp3) is 0.167. The van der Waals surface area contributed by atoms with Gasteiger partial charge in [0, 0.05) is 5.69 Å². The summed E-state index contributed by atoms with van der Waals surface area (Å²) in [6.07, 6.45) is 2.79. The first-order valence-electron chi connectivity index (χ1n) is 7.48. The van der Waals surface area contributed by atoms with Gasteiger partial charge in [-0.2, -0.15) is 0 Å². The standard InChI is InChI=1S/C18H18N2O2S/c1-2-12-6-8-14(9-7-12)19-18-20-17(22)16(23-18)11-13-4-3-5-15(21)10-13/h3-11,18-19,21H,2H2,1H3,(H,20,22)/b16-11-/t18-/m1/s1. The monoisotopic (exact) mass is 326 g/mol. The second-order valence-corrected chi connectivity index (χ2v) is 6.42. The zero-order valence-electron chi connectivity index (χ0n) is 12.7. The highest BCUT2D eigenvalue weighted by Gasteiger charge is 2.27. The van der Waals surface area contributed by atoms with Gasteiger partial charge in [0.25, 0.3) is 5.91 Å². The zero-order chi connectivity index (χ0) is 16.2. The summed E-state index contributed by atoms with van der Waals surface area (Å²) >= 11 is 1.43. The van der Waals surface area contributed by atoms with Crippen LogP contribution >= 0.6 is 11.8 Å². The number of benzene rings is 2. The van der Waals surface area contributed by atoms with Crippen molar-refractivity contribution >= 4 is 29.4 Å². The maximum absolute atomic E-state index is 12.1. The van der Waals surface area contributed by atoms with Crippen molar-refractivity contribution in [2.45, 2.75) is 18.8 Å². The van der Waals surface area contributed by atoms with Crippen LogP contribution in [0.4, 0.5) is 5.69 Å². The number of hydrogen-bond donors (Lipinski definition) is 3. The molecule has 118 valence electrons. The predicted octanol–water partition coefficient (Wildman–Crippen LogP) is 3.55. The molecule has 1 amide bonds. The molecule has 23 heavy (non-hydrogen) atoms. The van der Waals surface area contributed by atoms with Crippen molar-refractivity contribution in [2.24, 2.45) is 0 Å². The van der Waals surface area contributed by atoms with E-state index >= 15 is 0 Å². The molecule has 3 rings (SSSR count). The van der Waals surface area contributed by atoms with E-state index in [-0.39, 0.29) is 17.2 Å². The fourth-order valence-corrected chi connectivity index (χ4v) is 3.30. The highest BCUT2D eigenvalue weighted by Crippen LogP contribution is 2.30. The molecule has 1 aliphatic heterocycles. The number of aromatic hydroxyl groups is 1. The Bertz CT molecular complexity index is 741. The normalized spacial score (nSPS) is 18.9. The average molecular weight is 326 g/mol. The minimum Gasteiger partial charge on any atom is -0.508 e. The van der Waals surface area contributed by atoms with Crippen LogP contribution in [0.2, 0.25) is 0 Å². The Balaban J connectivity index is 1.69. The molecule has 2 aromatic rings. The number of amides is 1. The van der Waals surface area contributed by atoms with Gasteiger partial charge in [-0.1, -0.05) is 43.0 Å². The number of carbonyl (C=O) groups excluding carboxylic acids is 1. The van der Waals surface area contributed by atoms with Crippen molar-refractivity contribution in [2.75, 3.05) is 5.32 Å². The van der Waals surface area contributed by atoms with Crippen molar-refractivity contribution in [1.29, 1.82) is 0 Å². The summed E-state index contributed by atoms with van der Waals surface area (Å²) in [7, 11) is 0. The number of rotatable bonds is 4. The van der Waals surface area contributed by atoms with Gasteiger partial charge in [0.05, 0.1) is 4.91 Å². The lowest BCUT2D eigenvalue weighted by Crippen LogP contribution is -2.30. The van der Waals surface area contributed by atoms with E-state index in [1.54, 1.807) is 24.3 Å². The first kappa shape index (κ1) is 15.5. The fourth-order valence-electron chi connectivity index (χ4n) is 2.32. The molecule has 0 unspecified atom stereocenters. The highest BCUT2D eigenvalue weighted by atomic mass is 32.2. The van der Waals surface area contributed by atoms with Gasteiger partial charge in [-0.05, 0) is 47.9 Å². The first-order valence-corrected chi connectivity index (χ1v) is 8.36. The number of carbonyl (C=O) groups is 1. The Kier molecular flexibility index (Phi) is 4.57. The largest absolute Gasteiger partial charge is 0.508 e. The van der Waals surface area contributed by atoms with E-state index in [4.69, 9.17) is 0 Å². The van der Waals surface area contributed by atoms with Gasteiger partial charge in [0.15, 0.2) is 5.50 Å². The number of phenols is 1. The molecule has 5 heteroatoms. The van der Waals surface area contributed by atoms with Crippen LogP contribution in [0.15, 0.2) is 53.4 Å². The van der Waals surface area contributed by atoms with Gasteiger partial charge in [-0.25, -0.2) is 0 Å². The van der Waals surface area contributed by atoms with Gasteiger partial charge in [-0.3, -0.25) is 4.79 Å². The second-order valence-electron chi connectivity index (χ2n) is 5.27. The van der Waals surface area contributed by atoms with Crippen LogP contribution in [-0.4, -0.2) is 16.5 Å². The molecule has 0 aromatic heterocycles. The molecular formula is C18H18N2O2S. The number of thioether (sulfide) groups is 1. The minimum absolute atomic E-state index is 0.110. The van der Waals surface area contributed by atoms with Crippen LogP contribution in [0.5, 0.6) is 5.75 Å². The smallest absolute Gasteiger partial charge is 0.260 e. The molecule has 2 aromatic carbocycles. The highest BCUT2D eigenvalue weighted by molar-refractivity contribution is 8.05. The topological polar surface area (TPSA) is 61.4 Å². The third-order valence-electron chi connectivity index (χ3n) is 3.56. The lowest BCUT2D eigenvalue weighted by molar-refractivity contribution is -0.116. The summed E-state index contributed by atoms with van der Waals surface area (Å²) < 4.78 is 0. The number of hydrogen-bond acceptors (Lipinski definition) is 4. The number of anilines is 1. The molecule has 1 fully saturated rings. The van der Waals surface area contributed by atoms with Crippen molar-refractivity contribution in [3.63, 3.8) is 0 Å². The number of phenolic OH excluding ortho intramolecular Hbond substituents is 1. The molecule has 0 bridgehead atoms. The Labute approximate surface area is 139 Å². The number of aryl methyl sites for hydroxylation is 1. The van der Waals surface area contributed by atoms with E-state index in [1.807, 2.05) is 18.2 Å². The lowest BCUT2D eigenvalue weighted by Gasteiger charge is -2.12. The number of nitrogens with one attached hydrogen (secondary N) is 2. The summed E-state index contributed by atoms with van der Waals surface area (Å²) in [5, 5.41) is 15.7. The van der Waals surface area contributed by atoms with Gasteiger partial charge >= 0.3 is 0 Å². The van der Waals surface area contributed by atoms with Gasteiger partial charge in [-0.15, -0.1) is 0 Å². The Hall–Kier alpha value is -2.40. The molecule has 0 saturated carbocycles. The lowest BCUT2D eigenvalue weighted by atomic mass is 10.1. The molecular weight excluding hydrogens is 308 g/mol. The quantitative estimate of drug-likeness (QED) is 0.752. The molecule has 0 aliphatic carbocycles. The molecule has 1 saturated heterocycles.